The van der Waals surface area contributed by atoms with Crippen molar-refractivity contribution in [2.75, 3.05) is 5.73 Å². The molecule has 0 spiro atoms. The van der Waals surface area contributed by atoms with Crippen LogP contribution in [0.5, 0.6) is 0 Å². The molecule has 2 heterocycles. The number of hydrogen-bond donors (Lipinski definition) is 1. The molecule has 3 aromatic rings. The van der Waals surface area contributed by atoms with Crippen LogP contribution < -0.4 is 5.73 Å². The lowest BCUT2D eigenvalue weighted by molar-refractivity contribution is 0.424. The Kier molecular flexibility index (Phi) is 3.39. The molecule has 106 valence electrons. The molecule has 21 heavy (non-hydrogen) atoms. The average Bonchev–Trinajstić information content (AvgIpc) is 2.86. The Labute approximate surface area is 122 Å². The van der Waals surface area contributed by atoms with Crippen LogP contribution in [0.2, 0.25) is 0 Å². The average molecular weight is 280 g/mol. The molecule has 0 aliphatic carbocycles. The van der Waals surface area contributed by atoms with Gasteiger partial charge in [0.1, 0.15) is 5.82 Å². The van der Waals surface area contributed by atoms with Gasteiger partial charge in [-0.1, -0.05) is 34.5 Å². The quantitative estimate of drug-likeness (QED) is 0.798. The zero-order valence-corrected chi connectivity index (χ0v) is 12.0. The molecule has 0 fully saturated rings. The normalized spacial score (nSPS) is 10.8. The van der Waals surface area contributed by atoms with E-state index < -0.39 is 0 Å². The van der Waals surface area contributed by atoms with Crippen LogP contribution in [0, 0.1) is 13.8 Å². The molecule has 3 rings (SSSR count). The molecule has 0 radical (unpaired) electrons. The maximum absolute atomic E-state index is 5.66. The first-order valence-electron chi connectivity index (χ1n) is 6.72. The monoisotopic (exact) mass is 280 g/mol. The van der Waals surface area contributed by atoms with Crippen LogP contribution in [-0.2, 0) is 6.42 Å². The number of nitrogens with zero attached hydrogens (tertiary/aromatic N) is 3. The molecule has 0 bridgehead atoms. The first kappa shape index (κ1) is 13.3. The van der Waals surface area contributed by atoms with Crippen LogP contribution >= 0.6 is 0 Å². The van der Waals surface area contributed by atoms with Gasteiger partial charge in [0, 0.05) is 18.2 Å². The molecule has 0 saturated heterocycles. The predicted molar refractivity (Wildman–Crippen MR) is 80.7 cm³/mol. The van der Waals surface area contributed by atoms with Gasteiger partial charge in [0.25, 0.3) is 5.89 Å². The fourth-order valence-electron chi connectivity index (χ4n) is 2.38. The minimum Gasteiger partial charge on any atom is -0.384 e. The molecule has 0 aliphatic rings. The van der Waals surface area contributed by atoms with Crippen molar-refractivity contribution >= 4 is 5.82 Å². The van der Waals surface area contributed by atoms with E-state index in [-0.39, 0.29) is 0 Å². The first-order valence-corrected chi connectivity index (χ1v) is 6.72. The number of benzene rings is 1. The van der Waals surface area contributed by atoms with E-state index in [1.807, 2.05) is 0 Å². The summed E-state index contributed by atoms with van der Waals surface area (Å²) in [5.41, 5.74) is 10.1. The molecule has 5 nitrogen and oxygen atoms in total. The molecule has 2 N–H and O–H groups in total. The van der Waals surface area contributed by atoms with E-state index >= 15 is 0 Å². The molecule has 2 aromatic heterocycles. The highest BCUT2D eigenvalue weighted by Crippen LogP contribution is 2.19. The summed E-state index contributed by atoms with van der Waals surface area (Å²) >= 11 is 0. The first-order chi connectivity index (χ1) is 10.1. The maximum Gasteiger partial charge on any atom is 0.258 e. The van der Waals surface area contributed by atoms with Gasteiger partial charge in [0.05, 0.1) is 0 Å². The van der Waals surface area contributed by atoms with Crippen molar-refractivity contribution in [3.63, 3.8) is 0 Å². The summed E-state index contributed by atoms with van der Waals surface area (Å²) in [6.45, 7) is 4.16. The lowest BCUT2D eigenvalue weighted by Gasteiger charge is -2.01. The summed E-state index contributed by atoms with van der Waals surface area (Å²) in [6, 6.07) is 9.92. The number of nitrogen functional groups attached to an aromatic ring is 1. The van der Waals surface area contributed by atoms with Gasteiger partial charge >= 0.3 is 0 Å². The minimum absolute atomic E-state index is 0.432. The van der Waals surface area contributed by atoms with Gasteiger partial charge < -0.3 is 10.3 Å². The number of nitrogens with two attached hydrogens (primary N) is 1. The second kappa shape index (κ2) is 5.36. The molecule has 0 unspecified atom stereocenters. The lowest BCUT2D eigenvalue weighted by atomic mass is 10.1. The van der Waals surface area contributed by atoms with Crippen LogP contribution in [0.3, 0.4) is 0 Å². The summed E-state index contributed by atoms with van der Waals surface area (Å²) in [5.74, 6) is 1.55. The SMILES string of the molecule is Cc1cc(C)cc(Cc2noc(-c3ccnc(N)c3)n2)c1. The fourth-order valence-corrected chi connectivity index (χ4v) is 2.38. The summed E-state index contributed by atoms with van der Waals surface area (Å²) in [7, 11) is 0. The Morgan fingerprint density at radius 2 is 1.86 bits per heavy atom. The summed E-state index contributed by atoms with van der Waals surface area (Å²) < 4.78 is 5.29. The van der Waals surface area contributed by atoms with E-state index in [2.05, 4.69) is 47.2 Å². The van der Waals surface area contributed by atoms with Crippen LogP contribution in [0.15, 0.2) is 41.1 Å². The molecular formula is C16H16N4O. The number of hydrogen-bond acceptors (Lipinski definition) is 5. The molecule has 0 amide bonds. The minimum atomic E-state index is 0.432. The second-order valence-corrected chi connectivity index (χ2v) is 5.16. The van der Waals surface area contributed by atoms with Crippen molar-refractivity contribution < 1.29 is 4.52 Å². The van der Waals surface area contributed by atoms with E-state index in [1.54, 1.807) is 18.3 Å². The van der Waals surface area contributed by atoms with E-state index in [0.717, 1.165) is 5.56 Å². The number of rotatable bonds is 3. The zero-order chi connectivity index (χ0) is 14.8. The van der Waals surface area contributed by atoms with E-state index in [9.17, 15) is 0 Å². The van der Waals surface area contributed by atoms with Gasteiger partial charge in [-0.15, -0.1) is 0 Å². The fraction of sp³-hybridized carbons (Fsp3) is 0.188. The second-order valence-electron chi connectivity index (χ2n) is 5.16. The van der Waals surface area contributed by atoms with Gasteiger partial charge in [-0.05, 0) is 31.5 Å². The maximum atomic E-state index is 5.66. The Bertz CT molecular complexity index is 759. The highest BCUT2D eigenvalue weighted by Gasteiger charge is 2.10. The highest BCUT2D eigenvalue weighted by molar-refractivity contribution is 5.56. The molecule has 1 aromatic carbocycles. The number of aryl methyl sites for hydroxylation is 2. The van der Waals surface area contributed by atoms with E-state index in [0.29, 0.717) is 24.0 Å². The number of pyridine rings is 1. The number of aromatic nitrogens is 3. The smallest absolute Gasteiger partial charge is 0.258 e. The van der Waals surface area contributed by atoms with Crippen LogP contribution in [0.1, 0.15) is 22.5 Å². The third kappa shape index (κ3) is 3.08. The standard InChI is InChI=1S/C16H16N4O/c1-10-5-11(2)7-12(6-10)8-15-19-16(21-20-15)13-3-4-18-14(17)9-13/h3-7,9H,8H2,1-2H3,(H2,17,18). The Balaban J connectivity index is 1.85. The van der Waals surface area contributed by atoms with Crippen molar-refractivity contribution in [1.29, 1.82) is 0 Å². The lowest BCUT2D eigenvalue weighted by Crippen LogP contribution is -1.93. The summed E-state index contributed by atoms with van der Waals surface area (Å²) in [5, 5.41) is 4.03. The Morgan fingerprint density at radius 1 is 1.10 bits per heavy atom. The topological polar surface area (TPSA) is 77.8 Å². The van der Waals surface area contributed by atoms with E-state index in [4.69, 9.17) is 10.3 Å². The molecule has 5 heteroatoms. The van der Waals surface area contributed by atoms with Gasteiger partial charge in [-0.2, -0.15) is 4.98 Å². The Hall–Kier alpha value is -2.69. The zero-order valence-electron chi connectivity index (χ0n) is 12.0. The summed E-state index contributed by atoms with van der Waals surface area (Å²) in [6.07, 6.45) is 2.27. The van der Waals surface area contributed by atoms with Crippen LogP contribution in [-0.4, -0.2) is 15.1 Å². The molecule has 0 atom stereocenters. The van der Waals surface area contributed by atoms with Crippen LogP contribution in [0.4, 0.5) is 5.82 Å². The molecule has 0 saturated carbocycles. The van der Waals surface area contributed by atoms with Crippen molar-refractivity contribution in [1.82, 2.24) is 15.1 Å². The molecule has 0 aliphatic heterocycles. The van der Waals surface area contributed by atoms with Crippen molar-refractivity contribution in [2.24, 2.45) is 0 Å². The van der Waals surface area contributed by atoms with Gasteiger partial charge in [0.2, 0.25) is 0 Å². The largest absolute Gasteiger partial charge is 0.384 e. The predicted octanol–water partition coefficient (Wildman–Crippen LogP) is 2.92. The van der Waals surface area contributed by atoms with Crippen molar-refractivity contribution in [3.8, 4) is 11.5 Å². The van der Waals surface area contributed by atoms with Crippen molar-refractivity contribution in [2.45, 2.75) is 20.3 Å². The summed E-state index contributed by atoms with van der Waals surface area (Å²) in [4.78, 5) is 8.36. The van der Waals surface area contributed by atoms with Crippen LogP contribution in [0.25, 0.3) is 11.5 Å². The number of anilines is 1. The van der Waals surface area contributed by atoms with Gasteiger partial charge in [0.15, 0.2) is 5.82 Å². The van der Waals surface area contributed by atoms with Crippen molar-refractivity contribution in [3.05, 3.63) is 59.0 Å². The van der Waals surface area contributed by atoms with Gasteiger partial charge in [-0.25, -0.2) is 4.98 Å². The van der Waals surface area contributed by atoms with Gasteiger partial charge in [-0.3, -0.25) is 0 Å². The highest BCUT2D eigenvalue weighted by atomic mass is 16.5. The third-order valence-electron chi connectivity index (χ3n) is 3.14. The Morgan fingerprint density at radius 3 is 2.57 bits per heavy atom. The third-order valence-corrected chi connectivity index (χ3v) is 3.14. The van der Waals surface area contributed by atoms with E-state index in [1.165, 1.54) is 16.7 Å². The molecular weight excluding hydrogens is 264 g/mol.